The fraction of sp³-hybridized carbons (Fsp3) is 0.200. The third kappa shape index (κ3) is 2.65. The molecule has 2 rings (SSSR count). The van der Waals surface area contributed by atoms with Crippen molar-refractivity contribution in [2.45, 2.75) is 13.5 Å². The molecule has 1 aromatic heterocycles. The van der Waals surface area contributed by atoms with E-state index in [4.69, 9.17) is 21.9 Å². The van der Waals surface area contributed by atoms with Crippen LogP contribution in [0.1, 0.15) is 11.7 Å². The first-order valence-electron chi connectivity index (χ1n) is 4.84. The Hall–Kier alpha value is -1.82. The largest absolute Gasteiger partial charge is 0.397 e. The first-order valence-corrected chi connectivity index (χ1v) is 5.21. The van der Waals surface area contributed by atoms with E-state index in [9.17, 15) is 4.39 Å². The second-order valence-corrected chi connectivity index (χ2v) is 3.84. The molecule has 0 unspecified atom stereocenters. The molecule has 0 spiro atoms. The van der Waals surface area contributed by atoms with Crippen molar-refractivity contribution >= 4 is 23.0 Å². The monoisotopic (exact) mass is 256 g/mol. The topological polar surface area (TPSA) is 77.0 Å². The van der Waals surface area contributed by atoms with E-state index in [2.05, 4.69) is 15.5 Å². The summed E-state index contributed by atoms with van der Waals surface area (Å²) in [5, 5.41) is 6.58. The van der Waals surface area contributed by atoms with Crippen LogP contribution in [0, 0.1) is 12.7 Å². The third-order valence-electron chi connectivity index (χ3n) is 2.10. The quantitative estimate of drug-likeness (QED) is 0.825. The number of hydrogen-bond acceptors (Lipinski definition) is 5. The fourth-order valence-electron chi connectivity index (χ4n) is 1.30. The fourth-order valence-corrected chi connectivity index (χ4v) is 1.47. The Labute approximate surface area is 102 Å². The highest BCUT2D eigenvalue weighted by atomic mass is 35.5. The van der Waals surface area contributed by atoms with Crippen molar-refractivity contribution in [3.8, 4) is 0 Å². The normalized spacial score (nSPS) is 10.5. The van der Waals surface area contributed by atoms with E-state index in [1.165, 1.54) is 12.1 Å². The van der Waals surface area contributed by atoms with Gasteiger partial charge >= 0.3 is 0 Å². The summed E-state index contributed by atoms with van der Waals surface area (Å²) >= 11 is 5.58. The Bertz CT molecular complexity index is 543. The summed E-state index contributed by atoms with van der Waals surface area (Å²) in [6, 6.07) is 2.57. The van der Waals surface area contributed by atoms with Crippen LogP contribution < -0.4 is 11.1 Å². The van der Waals surface area contributed by atoms with Crippen LogP contribution in [-0.2, 0) is 6.54 Å². The van der Waals surface area contributed by atoms with Gasteiger partial charge in [-0.05, 0) is 6.07 Å². The minimum atomic E-state index is -0.535. The maximum absolute atomic E-state index is 13.2. The molecule has 3 N–H and O–H groups in total. The zero-order valence-corrected chi connectivity index (χ0v) is 9.75. The Kier molecular flexibility index (Phi) is 3.14. The van der Waals surface area contributed by atoms with Gasteiger partial charge in [-0.25, -0.2) is 4.39 Å². The summed E-state index contributed by atoms with van der Waals surface area (Å²) in [6.45, 7) is 1.98. The van der Waals surface area contributed by atoms with E-state index in [-0.39, 0.29) is 5.02 Å². The number of nitrogens with zero attached hydrogens (tertiary/aromatic N) is 2. The Morgan fingerprint density at radius 3 is 2.94 bits per heavy atom. The number of aryl methyl sites for hydroxylation is 1. The van der Waals surface area contributed by atoms with E-state index < -0.39 is 5.82 Å². The number of anilines is 2. The number of halogens is 2. The molecule has 0 fully saturated rings. The van der Waals surface area contributed by atoms with Crippen molar-refractivity contribution in [1.29, 1.82) is 0 Å². The van der Waals surface area contributed by atoms with Crippen LogP contribution >= 0.6 is 11.6 Å². The zero-order chi connectivity index (χ0) is 12.4. The number of rotatable bonds is 3. The lowest BCUT2D eigenvalue weighted by atomic mass is 10.2. The van der Waals surface area contributed by atoms with Crippen molar-refractivity contribution in [1.82, 2.24) is 10.1 Å². The summed E-state index contributed by atoms with van der Waals surface area (Å²) in [5.74, 6) is 0.405. The summed E-state index contributed by atoms with van der Waals surface area (Å²) < 4.78 is 18.0. The lowest BCUT2D eigenvalue weighted by Crippen LogP contribution is -2.04. The van der Waals surface area contributed by atoms with Gasteiger partial charge in [0.2, 0.25) is 5.89 Å². The molecule has 90 valence electrons. The van der Waals surface area contributed by atoms with Gasteiger partial charge in [-0.3, -0.25) is 0 Å². The maximum Gasteiger partial charge on any atom is 0.223 e. The SMILES string of the molecule is Cc1nc(CNc2cc(F)c(Cl)cc2N)no1. The molecule has 1 aromatic carbocycles. The number of hydrogen-bond donors (Lipinski definition) is 2. The number of benzene rings is 1. The first-order chi connectivity index (χ1) is 8.06. The van der Waals surface area contributed by atoms with Crippen LogP contribution in [0.4, 0.5) is 15.8 Å². The predicted octanol–water partition coefficient (Wildman–Crippen LogP) is 2.36. The van der Waals surface area contributed by atoms with Crippen LogP contribution in [0.3, 0.4) is 0 Å². The maximum atomic E-state index is 13.2. The van der Waals surface area contributed by atoms with Crippen molar-refractivity contribution in [3.63, 3.8) is 0 Å². The van der Waals surface area contributed by atoms with Crippen LogP contribution in [0.25, 0.3) is 0 Å². The number of nitrogen functional groups attached to an aromatic ring is 1. The highest BCUT2D eigenvalue weighted by Crippen LogP contribution is 2.26. The Balaban J connectivity index is 2.11. The Morgan fingerprint density at radius 1 is 1.53 bits per heavy atom. The van der Waals surface area contributed by atoms with Gasteiger partial charge in [0.1, 0.15) is 5.82 Å². The average Bonchev–Trinajstić information content (AvgIpc) is 2.68. The summed E-state index contributed by atoms with van der Waals surface area (Å²) in [6.07, 6.45) is 0. The second-order valence-electron chi connectivity index (χ2n) is 3.44. The van der Waals surface area contributed by atoms with Crippen molar-refractivity contribution in [3.05, 3.63) is 34.7 Å². The molecule has 0 aliphatic rings. The zero-order valence-electron chi connectivity index (χ0n) is 9.00. The van der Waals surface area contributed by atoms with Crippen molar-refractivity contribution in [2.75, 3.05) is 11.1 Å². The first kappa shape index (κ1) is 11.7. The van der Waals surface area contributed by atoms with Gasteiger partial charge in [-0.2, -0.15) is 4.98 Å². The summed E-state index contributed by atoms with van der Waals surface area (Å²) in [4.78, 5) is 3.99. The van der Waals surface area contributed by atoms with E-state index >= 15 is 0 Å². The molecular weight excluding hydrogens is 247 g/mol. The molecule has 0 saturated carbocycles. The van der Waals surface area contributed by atoms with Crippen molar-refractivity contribution in [2.24, 2.45) is 0 Å². The molecule has 7 heteroatoms. The molecule has 0 saturated heterocycles. The number of aromatic nitrogens is 2. The Morgan fingerprint density at radius 2 is 2.29 bits per heavy atom. The van der Waals surface area contributed by atoms with Gasteiger partial charge in [-0.15, -0.1) is 0 Å². The van der Waals surface area contributed by atoms with Gasteiger partial charge in [0.05, 0.1) is 22.9 Å². The summed E-state index contributed by atoms with van der Waals surface area (Å²) in [7, 11) is 0. The van der Waals surface area contributed by atoms with Crippen LogP contribution in [0.15, 0.2) is 16.7 Å². The minimum absolute atomic E-state index is 0.0107. The van der Waals surface area contributed by atoms with E-state index in [0.717, 1.165) is 0 Å². The van der Waals surface area contributed by atoms with Gasteiger partial charge < -0.3 is 15.6 Å². The molecule has 1 heterocycles. The highest BCUT2D eigenvalue weighted by molar-refractivity contribution is 6.31. The van der Waals surface area contributed by atoms with E-state index in [1.807, 2.05) is 0 Å². The standard InChI is InChI=1S/C10H10ClFN4O/c1-5-15-10(16-17-5)4-14-9-3-7(12)6(11)2-8(9)13/h2-3,14H,4,13H2,1H3. The smallest absolute Gasteiger partial charge is 0.223 e. The molecule has 0 radical (unpaired) electrons. The van der Waals surface area contributed by atoms with Crippen LogP contribution in [0.5, 0.6) is 0 Å². The van der Waals surface area contributed by atoms with Gasteiger partial charge in [0.25, 0.3) is 0 Å². The predicted molar refractivity (Wildman–Crippen MR) is 62.2 cm³/mol. The van der Waals surface area contributed by atoms with Gasteiger partial charge in [0.15, 0.2) is 5.82 Å². The summed E-state index contributed by atoms with van der Waals surface area (Å²) in [5.41, 5.74) is 6.48. The van der Waals surface area contributed by atoms with Crippen LogP contribution in [0.2, 0.25) is 5.02 Å². The molecule has 17 heavy (non-hydrogen) atoms. The second kappa shape index (κ2) is 4.58. The van der Waals surface area contributed by atoms with Crippen molar-refractivity contribution < 1.29 is 8.91 Å². The highest BCUT2D eigenvalue weighted by Gasteiger charge is 2.07. The number of nitrogens with one attached hydrogen (secondary N) is 1. The minimum Gasteiger partial charge on any atom is -0.397 e. The van der Waals surface area contributed by atoms with Crippen LogP contribution in [-0.4, -0.2) is 10.1 Å². The van der Waals surface area contributed by atoms with E-state index in [1.54, 1.807) is 6.92 Å². The number of nitrogens with two attached hydrogens (primary N) is 1. The molecule has 0 bridgehead atoms. The molecule has 0 aliphatic carbocycles. The lowest BCUT2D eigenvalue weighted by Gasteiger charge is -2.08. The van der Waals surface area contributed by atoms with Gasteiger partial charge in [-0.1, -0.05) is 16.8 Å². The lowest BCUT2D eigenvalue weighted by molar-refractivity contribution is 0.388. The molecule has 2 aromatic rings. The van der Waals surface area contributed by atoms with E-state index in [0.29, 0.717) is 29.6 Å². The molecular formula is C10H10ClFN4O. The molecule has 0 aliphatic heterocycles. The third-order valence-corrected chi connectivity index (χ3v) is 2.39. The molecule has 0 atom stereocenters. The molecule has 5 nitrogen and oxygen atoms in total. The van der Waals surface area contributed by atoms with Gasteiger partial charge in [0, 0.05) is 13.0 Å². The average molecular weight is 257 g/mol. The molecule has 0 amide bonds.